The molecule has 0 spiro atoms. The van der Waals surface area contributed by atoms with Crippen LogP contribution in [0.15, 0.2) is 66.2 Å². The van der Waals surface area contributed by atoms with E-state index < -0.39 is 10.0 Å². The second-order valence-electron chi connectivity index (χ2n) is 6.98. The lowest BCUT2D eigenvalue weighted by atomic mass is 10.2. The van der Waals surface area contributed by atoms with Crippen LogP contribution < -0.4 is 4.74 Å². The quantitative estimate of drug-likeness (QED) is 0.656. The minimum Gasteiger partial charge on any atom is -0.487 e. The summed E-state index contributed by atoms with van der Waals surface area (Å²) in [4.78, 5) is 4.39. The summed E-state index contributed by atoms with van der Waals surface area (Å²) in [6.07, 6.45) is 3.84. The molecule has 2 aromatic carbocycles. The third-order valence-electron chi connectivity index (χ3n) is 4.87. The SMILES string of the molecule is Cc1ccc(/C=C/S(=O)(=O)N2CC[C@H](Oc3cccc4cccnc34)C2)cc1. The molecule has 3 aromatic rings. The zero-order valence-corrected chi connectivity index (χ0v) is 16.5. The van der Waals surface area contributed by atoms with Crippen molar-refractivity contribution in [2.75, 3.05) is 13.1 Å². The van der Waals surface area contributed by atoms with Crippen LogP contribution in [0.4, 0.5) is 0 Å². The molecule has 1 saturated heterocycles. The van der Waals surface area contributed by atoms with E-state index in [1.165, 1.54) is 9.71 Å². The van der Waals surface area contributed by atoms with E-state index in [4.69, 9.17) is 4.74 Å². The van der Waals surface area contributed by atoms with Gasteiger partial charge in [-0.05, 0) is 37.1 Å². The van der Waals surface area contributed by atoms with Gasteiger partial charge in [-0.25, -0.2) is 8.42 Å². The van der Waals surface area contributed by atoms with E-state index >= 15 is 0 Å². The van der Waals surface area contributed by atoms with Crippen molar-refractivity contribution in [2.45, 2.75) is 19.4 Å². The first kappa shape index (κ1) is 18.7. The molecule has 1 aromatic heterocycles. The molecule has 0 aliphatic carbocycles. The molecule has 0 bridgehead atoms. The maximum absolute atomic E-state index is 12.7. The highest BCUT2D eigenvalue weighted by Gasteiger charge is 2.31. The summed E-state index contributed by atoms with van der Waals surface area (Å²) in [7, 11) is -3.48. The molecule has 144 valence electrons. The minimum absolute atomic E-state index is 0.185. The molecular formula is C22H22N2O3S. The molecule has 0 unspecified atom stereocenters. The summed E-state index contributed by atoms with van der Waals surface area (Å²) in [5.41, 5.74) is 2.80. The topological polar surface area (TPSA) is 59.5 Å². The Hall–Kier alpha value is -2.70. The van der Waals surface area contributed by atoms with Gasteiger partial charge in [-0.1, -0.05) is 48.0 Å². The third kappa shape index (κ3) is 4.08. The average molecular weight is 394 g/mol. The fraction of sp³-hybridized carbons (Fsp3) is 0.227. The molecule has 4 rings (SSSR count). The van der Waals surface area contributed by atoms with Crippen molar-refractivity contribution in [1.82, 2.24) is 9.29 Å². The molecule has 0 saturated carbocycles. The summed E-state index contributed by atoms with van der Waals surface area (Å²) < 4.78 is 32.9. The second-order valence-corrected chi connectivity index (χ2v) is 8.79. The molecule has 6 heteroatoms. The molecular weight excluding hydrogens is 372 g/mol. The van der Waals surface area contributed by atoms with Crippen LogP contribution >= 0.6 is 0 Å². The lowest BCUT2D eigenvalue weighted by Crippen LogP contribution is -2.29. The second kappa shape index (κ2) is 7.73. The summed E-state index contributed by atoms with van der Waals surface area (Å²) in [5, 5.41) is 2.28. The number of fused-ring (bicyclic) bond motifs is 1. The van der Waals surface area contributed by atoms with E-state index in [-0.39, 0.29) is 6.10 Å². The van der Waals surface area contributed by atoms with E-state index in [0.29, 0.717) is 25.3 Å². The van der Waals surface area contributed by atoms with Gasteiger partial charge in [-0.3, -0.25) is 4.98 Å². The standard InChI is InChI=1S/C22H22N2O3S/c1-17-7-9-18(10-8-17)12-15-28(25,26)24-14-11-20(16-24)27-21-6-2-4-19-5-3-13-23-22(19)21/h2-10,12-13,15,20H,11,14,16H2,1H3/b15-12+/t20-/m0/s1. The van der Waals surface area contributed by atoms with Gasteiger partial charge in [0.25, 0.3) is 0 Å². The number of pyridine rings is 1. The smallest absolute Gasteiger partial charge is 0.236 e. The summed E-state index contributed by atoms with van der Waals surface area (Å²) in [6, 6.07) is 17.4. The van der Waals surface area contributed by atoms with Crippen molar-refractivity contribution >= 4 is 27.0 Å². The van der Waals surface area contributed by atoms with Crippen molar-refractivity contribution in [1.29, 1.82) is 0 Å². The predicted molar refractivity (Wildman–Crippen MR) is 111 cm³/mol. The number of sulfonamides is 1. The number of para-hydroxylation sites is 1. The number of ether oxygens (including phenoxy) is 1. The number of hydrogen-bond acceptors (Lipinski definition) is 4. The van der Waals surface area contributed by atoms with Crippen LogP contribution in [0.3, 0.4) is 0 Å². The van der Waals surface area contributed by atoms with Crippen LogP contribution in [-0.2, 0) is 10.0 Å². The zero-order chi connectivity index (χ0) is 19.6. The fourth-order valence-electron chi connectivity index (χ4n) is 3.30. The number of aromatic nitrogens is 1. The van der Waals surface area contributed by atoms with E-state index in [1.807, 2.05) is 61.5 Å². The van der Waals surface area contributed by atoms with Crippen LogP contribution in [0.25, 0.3) is 17.0 Å². The maximum Gasteiger partial charge on any atom is 0.236 e. The van der Waals surface area contributed by atoms with Gasteiger partial charge >= 0.3 is 0 Å². The Morgan fingerprint density at radius 3 is 2.71 bits per heavy atom. The molecule has 5 nitrogen and oxygen atoms in total. The van der Waals surface area contributed by atoms with Crippen molar-refractivity contribution in [3.63, 3.8) is 0 Å². The molecule has 28 heavy (non-hydrogen) atoms. The predicted octanol–water partition coefficient (Wildman–Crippen LogP) is 4.00. The van der Waals surface area contributed by atoms with Crippen LogP contribution in [0.1, 0.15) is 17.5 Å². The molecule has 2 heterocycles. The Bertz CT molecular complexity index is 1100. The molecule has 1 aliphatic heterocycles. The van der Waals surface area contributed by atoms with Crippen LogP contribution in [0, 0.1) is 6.92 Å². The number of nitrogens with zero attached hydrogens (tertiary/aromatic N) is 2. The van der Waals surface area contributed by atoms with Crippen LogP contribution in [0.5, 0.6) is 5.75 Å². The normalized spacial score (nSPS) is 18.1. The van der Waals surface area contributed by atoms with Gasteiger partial charge in [0.2, 0.25) is 10.0 Å². The van der Waals surface area contributed by atoms with Crippen LogP contribution in [0.2, 0.25) is 0 Å². The van der Waals surface area contributed by atoms with E-state index in [9.17, 15) is 8.42 Å². The van der Waals surface area contributed by atoms with E-state index in [1.54, 1.807) is 12.3 Å². The molecule has 0 N–H and O–H groups in total. The van der Waals surface area contributed by atoms with Gasteiger partial charge in [-0.2, -0.15) is 4.31 Å². The van der Waals surface area contributed by atoms with Gasteiger partial charge in [0.15, 0.2) is 0 Å². The van der Waals surface area contributed by atoms with Gasteiger partial charge in [0.1, 0.15) is 17.4 Å². The van der Waals surface area contributed by atoms with Gasteiger partial charge in [-0.15, -0.1) is 0 Å². The van der Waals surface area contributed by atoms with Gasteiger partial charge < -0.3 is 4.74 Å². The van der Waals surface area contributed by atoms with Crippen molar-refractivity contribution in [3.8, 4) is 5.75 Å². The number of rotatable bonds is 5. The number of aryl methyl sites for hydroxylation is 1. The highest BCUT2D eigenvalue weighted by Crippen LogP contribution is 2.27. The largest absolute Gasteiger partial charge is 0.487 e. The lowest BCUT2D eigenvalue weighted by molar-refractivity contribution is 0.218. The minimum atomic E-state index is -3.48. The highest BCUT2D eigenvalue weighted by atomic mass is 32.2. The van der Waals surface area contributed by atoms with Crippen molar-refractivity contribution in [3.05, 3.63) is 77.3 Å². The number of hydrogen-bond donors (Lipinski definition) is 0. The van der Waals surface area contributed by atoms with Gasteiger partial charge in [0, 0.05) is 23.5 Å². The first-order valence-electron chi connectivity index (χ1n) is 9.26. The van der Waals surface area contributed by atoms with Crippen molar-refractivity contribution in [2.24, 2.45) is 0 Å². The number of benzene rings is 2. The summed E-state index contributed by atoms with van der Waals surface area (Å²) >= 11 is 0. The maximum atomic E-state index is 12.7. The average Bonchev–Trinajstić information content (AvgIpc) is 3.18. The first-order chi connectivity index (χ1) is 13.5. The molecule has 1 aliphatic rings. The van der Waals surface area contributed by atoms with Crippen molar-refractivity contribution < 1.29 is 13.2 Å². The highest BCUT2D eigenvalue weighted by molar-refractivity contribution is 7.92. The van der Waals surface area contributed by atoms with E-state index in [0.717, 1.165) is 22.0 Å². The molecule has 1 atom stereocenters. The Kier molecular flexibility index (Phi) is 5.15. The Balaban J connectivity index is 1.45. The lowest BCUT2D eigenvalue weighted by Gasteiger charge is -2.16. The summed E-state index contributed by atoms with van der Waals surface area (Å²) in [5.74, 6) is 0.692. The molecule has 0 radical (unpaired) electrons. The zero-order valence-electron chi connectivity index (χ0n) is 15.7. The Morgan fingerprint density at radius 1 is 1.11 bits per heavy atom. The molecule has 0 amide bonds. The fourth-order valence-corrected chi connectivity index (χ4v) is 4.54. The van der Waals surface area contributed by atoms with Crippen LogP contribution in [-0.4, -0.2) is 36.9 Å². The first-order valence-corrected chi connectivity index (χ1v) is 10.8. The third-order valence-corrected chi connectivity index (χ3v) is 6.40. The Labute approximate surface area is 165 Å². The van der Waals surface area contributed by atoms with E-state index in [2.05, 4.69) is 4.98 Å². The summed E-state index contributed by atoms with van der Waals surface area (Å²) in [6.45, 7) is 2.79. The molecule has 1 fully saturated rings. The van der Waals surface area contributed by atoms with Gasteiger partial charge in [0.05, 0.1) is 6.54 Å². The Morgan fingerprint density at radius 2 is 1.89 bits per heavy atom. The monoisotopic (exact) mass is 394 g/mol.